The maximum absolute atomic E-state index is 13.4. The van der Waals surface area contributed by atoms with Crippen LogP contribution in [0.4, 0.5) is 0 Å². The van der Waals surface area contributed by atoms with Crippen LogP contribution in [0.2, 0.25) is 0 Å². The lowest BCUT2D eigenvalue weighted by Gasteiger charge is -2.59. The molecule has 5 aliphatic rings. The van der Waals surface area contributed by atoms with Gasteiger partial charge in [-0.15, -0.1) is 0 Å². The molecule has 0 aromatic heterocycles. The van der Waals surface area contributed by atoms with Gasteiger partial charge >= 0.3 is 5.97 Å². The van der Waals surface area contributed by atoms with Gasteiger partial charge in [-0.25, -0.2) is 4.79 Å². The number of aliphatic carboxylic acids is 1. The monoisotopic (exact) mass is 480 g/mol. The van der Waals surface area contributed by atoms with E-state index in [0.29, 0.717) is 25.7 Å². The molecule has 12 atom stereocenters. The highest BCUT2D eigenvalue weighted by molar-refractivity contribution is 5.95. The Bertz CT molecular complexity index is 874. The molecule has 0 radical (unpaired) electrons. The molecule has 0 bridgehead atoms. The number of ketones is 2. The Labute approximate surface area is 198 Å². The van der Waals surface area contributed by atoms with Crippen LogP contribution >= 0.6 is 0 Å². The normalized spacial score (nSPS) is 53.1. The molecule has 5 rings (SSSR count). The summed E-state index contributed by atoms with van der Waals surface area (Å²) in [5, 5.41) is 39.6. The quantitative estimate of drug-likeness (QED) is 0.435. The number of Topliss-reactive ketones (excluding diaryl/α,β-unsaturated/α-hetero) is 2. The number of carbonyl (C=O) groups excluding carboxylic acids is 2. The zero-order valence-corrected chi connectivity index (χ0v) is 19.8. The van der Waals surface area contributed by atoms with Crippen LogP contribution in [-0.4, -0.2) is 74.8 Å². The SMILES string of the molecule is C[C@]12CC[C@H](O[C@@H]3O[C@H](C(=O)O)[C@@H](O)[C@H](O)[C@H]3O)C[C@H]1CC[C@@H]1[C@@H]2C(=O)C[C@]2(C)C(=O)CC[C@@H]12. The van der Waals surface area contributed by atoms with Crippen molar-refractivity contribution in [1.82, 2.24) is 0 Å². The van der Waals surface area contributed by atoms with E-state index in [1.54, 1.807) is 0 Å². The van der Waals surface area contributed by atoms with Gasteiger partial charge in [0, 0.05) is 24.2 Å². The standard InChI is InChI=1S/C25H36O9/c1-24-8-7-12(33-23-20(30)18(28)19(29)21(34-23)22(31)32)9-11(24)3-4-13-14-5-6-16(27)25(14,2)10-15(26)17(13)24/h11-14,17-21,23,28-30H,3-10H2,1-2H3,(H,31,32)/t11-,12+,13+,14+,17-,18+,19+,20-,21+,23-,24+,25+/m1/s1. The zero-order valence-electron chi connectivity index (χ0n) is 19.8. The predicted octanol–water partition coefficient (Wildman–Crippen LogP) is 1.05. The molecule has 0 aromatic rings. The second kappa shape index (κ2) is 8.34. The van der Waals surface area contributed by atoms with Crippen LogP contribution in [0.5, 0.6) is 0 Å². The van der Waals surface area contributed by atoms with Gasteiger partial charge in [0.05, 0.1) is 6.10 Å². The fourth-order valence-electron chi connectivity index (χ4n) is 8.29. The number of hydrogen-bond donors (Lipinski definition) is 4. The molecule has 4 aliphatic carbocycles. The second-order valence-electron chi connectivity index (χ2n) is 11.8. The smallest absolute Gasteiger partial charge is 0.335 e. The molecule has 190 valence electrons. The van der Waals surface area contributed by atoms with E-state index in [0.717, 1.165) is 25.7 Å². The summed E-state index contributed by atoms with van der Waals surface area (Å²) < 4.78 is 11.3. The van der Waals surface area contributed by atoms with Gasteiger partial charge < -0.3 is 29.9 Å². The fraction of sp³-hybridized carbons (Fsp3) is 0.880. The van der Waals surface area contributed by atoms with Crippen LogP contribution in [0.1, 0.15) is 65.2 Å². The van der Waals surface area contributed by atoms with Gasteiger partial charge in [-0.2, -0.15) is 0 Å². The highest BCUT2D eigenvalue weighted by Gasteiger charge is 2.63. The maximum atomic E-state index is 13.4. The average Bonchev–Trinajstić information content (AvgIpc) is 3.07. The van der Waals surface area contributed by atoms with E-state index in [1.807, 2.05) is 6.92 Å². The Kier molecular flexibility index (Phi) is 5.96. The number of carboxylic acid groups (broad SMARTS) is 1. The van der Waals surface area contributed by atoms with Crippen molar-refractivity contribution in [1.29, 1.82) is 0 Å². The minimum atomic E-state index is -1.75. The summed E-state index contributed by atoms with van der Waals surface area (Å²) in [5.74, 6) is -0.279. The van der Waals surface area contributed by atoms with Crippen molar-refractivity contribution in [2.75, 3.05) is 0 Å². The molecular formula is C25H36O9. The Balaban J connectivity index is 1.30. The molecule has 9 heteroatoms. The van der Waals surface area contributed by atoms with E-state index in [1.165, 1.54) is 0 Å². The summed E-state index contributed by atoms with van der Waals surface area (Å²) in [6.45, 7) is 4.19. The van der Waals surface area contributed by atoms with E-state index in [2.05, 4.69) is 6.92 Å². The number of rotatable bonds is 3. The number of carboxylic acids is 1. The summed E-state index contributed by atoms with van der Waals surface area (Å²) in [4.78, 5) is 37.4. The molecule has 4 saturated carbocycles. The fourth-order valence-corrected chi connectivity index (χ4v) is 8.29. The molecule has 4 N–H and O–H groups in total. The van der Waals surface area contributed by atoms with E-state index in [9.17, 15) is 34.8 Å². The molecule has 0 amide bonds. The highest BCUT2D eigenvalue weighted by Crippen LogP contribution is 2.64. The molecule has 0 spiro atoms. The van der Waals surface area contributed by atoms with Crippen molar-refractivity contribution >= 4 is 17.5 Å². The van der Waals surface area contributed by atoms with Crippen molar-refractivity contribution in [2.45, 2.75) is 102 Å². The molecule has 0 unspecified atom stereocenters. The predicted molar refractivity (Wildman–Crippen MR) is 116 cm³/mol. The summed E-state index contributed by atoms with van der Waals surface area (Å²) in [5.41, 5.74) is -0.680. The van der Waals surface area contributed by atoms with Crippen molar-refractivity contribution in [3.05, 3.63) is 0 Å². The minimum Gasteiger partial charge on any atom is -0.479 e. The molecule has 1 heterocycles. The van der Waals surface area contributed by atoms with Gasteiger partial charge in [-0.1, -0.05) is 13.8 Å². The highest BCUT2D eigenvalue weighted by atomic mass is 16.7. The Morgan fingerprint density at radius 2 is 1.76 bits per heavy atom. The average molecular weight is 481 g/mol. The van der Waals surface area contributed by atoms with E-state index >= 15 is 0 Å². The molecule has 1 aliphatic heterocycles. The van der Waals surface area contributed by atoms with Gasteiger partial charge in [-0.3, -0.25) is 9.59 Å². The van der Waals surface area contributed by atoms with E-state index in [-0.39, 0.29) is 46.8 Å². The van der Waals surface area contributed by atoms with E-state index < -0.39 is 42.1 Å². The lowest BCUT2D eigenvalue weighted by Crippen LogP contribution is -2.61. The van der Waals surface area contributed by atoms with Gasteiger partial charge in [-0.05, 0) is 61.7 Å². The maximum Gasteiger partial charge on any atom is 0.335 e. The van der Waals surface area contributed by atoms with Crippen LogP contribution in [0, 0.1) is 34.5 Å². The number of carbonyl (C=O) groups is 3. The number of fused-ring (bicyclic) bond motifs is 5. The minimum absolute atomic E-state index is 0.0546. The Hall–Kier alpha value is -1.39. The van der Waals surface area contributed by atoms with Crippen molar-refractivity contribution in [2.24, 2.45) is 34.5 Å². The van der Waals surface area contributed by atoms with Gasteiger partial charge in [0.1, 0.15) is 29.9 Å². The van der Waals surface area contributed by atoms with Crippen LogP contribution in [0.25, 0.3) is 0 Å². The van der Waals surface area contributed by atoms with Crippen LogP contribution < -0.4 is 0 Å². The molecular weight excluding hydrogens is 444 g/mol. The third kappa shape index (κ3) is 3.50. The van der Waals surface area contributed by atoms with Gasteiger partial charge in [0.2, 0.25) is 0 Å². The first kappa shape index (κ1) is 24.3. The van der Waals surface area contributed by atoms with Crippen molar-refractivity contribution in [3.8, 4) is 0 Å². The first-order chi connectivity index (χ1) is 16.0. The molecule has 0 aromatic carbocycles. The van der Waals surface area contributed by atoms with Crippen molar-refractivity contribution in [3.63, 3.8) is 0 Å². The second-order valence-corrected chi connectivity index (χ2v) is 11.8. The Morgan fingerprint density at radius 3 is 2.47 bits per heavy atom. The largest absolute Gasteiger partial charge is 0.479 e. The van der Waals surface area contributed by atoms with Gasteiger partial charge in [0.25, 0.3) is 0 Å². The Morgan fingerprint density at radius 1 is 1.03 bits per heavy atom. The van der Waals surface area contributed by atoms with Crippen LogP contribution in [-0.2, 0) is 23.9 Å². The number of ether oxygens (including phenoxy) is 2. The molecule has 1 saturated heterocycles. The first-order valence-electron chi connectivity index (χ1n) is 12.6. The van der Waals surface area contributed by atoms with Crippen LogP contribution in [0.15, 0.2) is 0 Å². The first-order valence-corrected chi connectivity index (χ1v) is 12.6. The topological polar surface area (TPSA) is 151 Å². The summed E-state index contributed by atoms with van der Waals surface area (Å²) in [6.07, 6.45) is -2.69. The van der Waals surface area contributed by atoms with Crippen molar-refractivity contribution < 1.29 is 44.3 Å². The third-order valence-electron chi connectivity index (χ3n) is 10.2. The third-order valence-corrected chi connectivity index (χ3v) is 10.2. The number of aliphatic hydroxyl groups is 3. The lowest BCUT2D eigenvalue weighted by molar-refractivity contribution is -0.309. The molecule has 9 nitrogen and oxygen atoms in total. The summed E-state index contributed by atoms with van der Waals surface area (Å²) in [6, 6.07) is 0. The van der Waals surface area contributed by atoms with Crippen LogP contribution in [0.3, 0.4) is 0 Å². The summed E-state index contributed by atoms with van der Waals surface area (Å²) in [7, 11) is 0. The number of aliphatic hydroxyl groups excluding tert-OH is 3. The van der Waals surface area contributed by atoms with E-state index in [4.69, 9.17) is 9.47 Å². The van der Waals surface area contributed by atoms with Gasteiger partial charge in [0.15, 0.2) is 12.4 Å². The molecule has 5 fully saturated rings. The zero-order chi connectivity index (χ0) is 24.6. The summed E-state index contributed by atoms with van der Waals surface area (Å²) >= 11 is 0. The lowest BCUT2D eigenvalue weighted by atomic mass is 9.45. The number of hydrogen-bond acceptors (Lipinski definition) is 8. The molecule has 34 heavy (non-hydrogen) atoms.